The molecule has 2 aliphatic heterocycles. The van der Waals surface area contributed by atoms with Gasteiger partial charge in [0.15, 0.2) is 12.5 Å². The lowest BCUT2D eigenvalue weighted by Gasteiger charge is -2.41. The van der Waals surface area contributed by atoms with Crippen LogP contribution in [0.25, 0.3) is 0 Å². The van der Waals surface area contributed by atoms with Crippen molar-refractivity contribution in [2.45, 2.75) is 59.2 Å². The highest BCUT2D eigenvalue weighted by atomic mass is 32.5. The van der Waals surface area contributed by atoms with Crippen molar-refractivity contribution in [3.8, 4) is 0 Å². The Kier molecular flexibility index (Phi) is 11.3. The monoisotopic (exact) mass is 670 g/mol. The number of aromatic amines is 1. The molecule has 0 saturated carbocycles. The van der Waals surface area contributed by atoms with Gasteiger partial charge in [-0.2, -0.15) is 0 Å². The highest BCUT2D eigenvalue weighted by Gasteiger charge is 2.56. The van der Waals surface area contributed by atoms with Gasteiger partial charge in [-0.3, -0.25) is 18.9 Å². The molecule has 12 atom stereocenters. The van der Waals surface area contributed by atoms with Gasteiger partial charge in [-0.05, 0) is 11.8 Å². The van der Waals surface area contributed by atoms with E-state index in [0.717, 1.165) is 22.4 Å². The minimum atomic E-state index is -5.50. The fraction of sp³-hybridized carbons (Fsp3) is 0.684. The Balaban J connectivity index is 1.71. The number of H-pyrrole nitrogens is 1. The van der Waals surface area contributed by atoms with Crippen LogP contribution in [0.15, 0.2) is 34.5 Å². The van der Waals surface area contributed by atoms with Crippen LogP contribution in [0.1, 0.15) is 5.37 Å². The number of alkyl halides is 1. The lowest BCUT2D eigenvalue weighted by molar-refractivity contribution is -0.287. The number of rotatable bonds is 12. The summed E-state index contributed by atoms with van der Waals surface area (Å²) in [6.45, 7) is -2.87. The van der Waals surface area contributed by atoms with Gasteiger partial charge in [-0.25, -0.2) is 18.1 Å². The fourth-order valence-corrected chi connectivity index (χ4v) is 9.06. The average molecular weight is 671 g/mol. The van der Waals surface area contributed by atoms with Crippen molar-refractivity contribution >= 4 is 38.1 Å². The SMILES string of the molecule is C=C[C@@]1(OC)[C@H](O)[C@@H](COP(O)(=S)OP(=O)(O)OC2OC([C@@H](F)CO)C(O)C(O)C2O)S[C@H]1n1ccc(=O)[nH]c1=O. The molecule has 0 amide bonds. The molecule has 0 spiro atoms. The Hall–Kier alpha value is -0.900. The van der Waals surface area contributed by atoms with Gasteiger partial charge in [0.2, 0.25) is 0 Å². The summed E-state index contributed by atoms with van der Waals surface area (Å²) >= 11 is 5.64. The van der Waals surface area contributed by atoms with Gasteiger partial charge in [0.25, 0.3) is 5.56 Å². The first-order chi connectivity index (χ1) is 19.0. The minimum Gasteiger partial charge on any atom is -0.393 e. The number of aliphatic hydroxyl groups is 5. The van der Waals surface area contributed by atoms with Crippen molar-refractivity contribution in [3.05, 3.63) is 45.8 Å². The number of hydrogen-bond donors (Lipinski definition) is 8. The van der Waals surface area contributed by atoms with E-state index in [4.69, 9.17) is 30.9 Å². The van der Waals surface area contributed by atoms with E-state index in [1.807, 2.05) is 0 Å². The molecule has 3 heterocycles. The maximum atomic E-state index is 13.9. The van der Waals surface area contributed by atoms with Gasteiger partial charge >= 0.3 is 20.2 Å². The summed E-state index contributed by atoms with van der Waals surface area (Å²) in [5.41, 5.74) is -3.12. The van der Waals surface area contributed by atoms with Crippen molar-refractivity contribution in [2.24, 2.45) is 0 Å². The number of ether oxygens (including phenoxy) is 2. The number of halogens is 1. The summed E-state index contributed by atoms with van der Waals surface area (Å²) < 4.78 is 52.1. The first kappa shape index (κ1) is 34.6. The predicted molar refractivity (Wildman–Crippen MR) is 141 cm³/mol. The smallest absolute Gasteiger partial charge is 0.393 e. The zero-order chi connectivity index (χ0) is 30.9. The van der Waals surface area contributed by atoms with Crippen molar-refractivity contribution in [1.29, 1.82) is 0 Å². The first-order valence-corrected chi connectivity index (χ1v) is 16.5. The lowest BCUT2D eigenvalue weighted by Crippen LogP contribution is -2.60. The number of methoxy groups -OCH3 is 1. The van der Waals surface area contributed by atoms with Gasteiger partial charge in [-0.15, -0.1) is 18.3 Å². The van der Waals surface area contributed by atoms with Crippen molar-refractivity contribution in [3.63, 3.8) is 0 Å². The molecule has 3 rings (SSSR count). The molecular weight excluding hydrogens is 641 g/mol. The predicted octanol–water partition coefficient (Wildman–Crippen LogP) is -2.41. The summed E-state index contributed by atoms with van der Waals surface area (Å²) in [6, 6.07) is 1.06. The highest BCUT2D eigenvalue weighted by molar-refractivity contribution is 8.08. The summed E-state index contributed by atoms with van der Waals surface area (Å²) in [5, 5.41) is 47.7. The number of hydrogen-bond acceptors (Lipinski definition) is 15. The second-order valence-electron chi connectivity index (χ2n) is 8.81. The topological polar surface area (TPSA) is 260 Å². The molecule has 0 aromatic carbocycles. The van der Waals surface area contributed by atoms with Crippen molar-refractivity contribution < 1.29 is 67.1 Å². The van der Waals surface area contributed by atoms with Crippen LogP contribution in [0.3, 0.4) is 0 Å². The highest BCUT2D eigenvalue weighted by Crippen LogP contribution is 2.62. The van der Waals surface area contributed by atoms with Crippen LogP contribution in [-0.2, 0) is 39.2 Å². The summed E-state index contributed by atoms with van der Waals surface area (Å²) in [4.78, 5) is 46.4. The normalized spacial score (nSPS) is 37.7. The minimum absolute atomic E-state index is 0.650. The maximum absolute atomic E-state index is 13.9. The number of aromatic nitrogens is 2. The van der Waals surface area contributed by atoms with Crippen LogP contribution in [-0.4, -0.2) is 119 Å². The fourth-order valence-electron chi connectivity index (χ4n) is 4.17. The molecule has 234 valence electrons. The summed E-state index contributed by atoms with van der Waals surface area (Å²) in [5.74, 6) is 0. The Morgan fingerprint density at radius 1 is 1.29 bits per heavy atom. The second-order valence-corrected chi connectivity index (χ2v) is 14.5. The molecule has 1 aromatic rings. The molecule has 8 N–H and O–H groups in total. The first-order valence-electron chi connectivity index (χ1n) is 11.5. The Morgan fingerprint density at radius 3 is 2.51 bits per heavy atom. The quantitative estimate of drug-likeness (QED) is 0.0850. The molecule has 0 radical (unpaired) electrons. The van der Waals surface area contributed by atoms with E-state index in [1.54, 1.807) is 0 Å². The Morgan fingerprint density at radius 2 is 1.95 bits per heavy atom. The third kappa shape index (κ3) is 7.43. The van der Waals surface area contributed by atoms with E-state index >= 15 is 0 Å². The van der Waals surface area contributed by atoms with Gasteiger partial charge in [0.05, 0.1) is 18.5 Å². The molecular formula is C19H29FN2O15P2S2. The summed E-state index contributed by atoms with van der Waals surface area (Å²) in [7, 11) is -4.27. The van der Waals surface area contributed by atoms with Gasteiger partial charge in [0, 0.05) is 19.4 Å². The third-order valence-corrected chi connectivity index (χ3v) is 11.4. The Bertz CT molecular complexity index is 1300. The molecule has 41 heavy (non-hydrogen) atoms. The zero-order valence-corrected chi connectivity index (χ0v) is 24.4. The largest absolute Gasteiger partial charge is 0.481 e. The van der Waals surface area contributed by atoms with Crippen LogP contribution in [0.5, 0.6) is 0 Å². The molecule has 17 nitrogen and oxygen atoms in total. The molecule has 1 aromatic heterocycles. The second kappa shape index (κ2) is 13.4. The van der Waals surface area contributed by atoms with Crippen LogP contribution in [0.2, 0.25) is 0 Å². The number of nitrogens with one attached hydrogen (secondary N) is 1. The number of phosphoric acid groups is 1. The summed E-state index contributed by atoms with van der Waals surface area (Å²) in [6.07, 6.45) is -12.0. The number of phosphoric ester groups is 1. The van der Waals surface area contributed by atoms with Crippen LogP contribution >= 0.6 is 26.3 Å². The number of aliphatic hydroxyl groups excluding tert-OH is 5. The van der Waals surface area contributed by atoms with E-state index in [9.17, 15) is 48.8 Å². The molecule has 2 aliphatic rings. The van der Waals surface area contributed by atoms with Crippen LogP contribution in [0, 0.1) is 0 Å². The lowest BCUT2D eigenvalue weighted by atomic mass is 9.94. The zero-order valence-electron chi connectivity index (χ0n) is 21.0. The standard InChI is InChI=1S/C19H29FN2O15P2S2/c1-3-19(33-2)15(28)9(41-17(19)22-5-4-10(24)21-18(22)29)7-34-39(32,40)37-38(30,31)36-16-13(27)11(25)12(26)14(35-16)8(20)6-23/h3-5,8-9,11-17,23,25-28H,1,6-7H2,2H3,(H,30,31)(H,32,40)(H,21,24,29)/t8-,9+,11?,12?,13?,14?,15+,16?,17+,19+,39?/m0/s1. The number of thioether (sulfide) groups is 1. The van der Waals surface area contributed by atoms with E-state index in [1.165, 1.54) is 19.4 Å². The molecule has 0 bridgehead atoms. The van der Waals surface area contributed by atoms with E-state index < -0.39 is 98.2 Å². The van der Waals surface area contributed by atoms with Crippen LogP contribution < -0.4 is 11.2 Å². The van der Waals surface area contributed by atoms with Crippen LogP contribution in [0.4, 0.5) is 4.39 Å². The van der Waals surface area contributed by atoms with E-state index in [-0.39, 0.29) is 0 Å². The number of nitrogens with zero attached hydrogens (tertiary/aromatic N) is 1. The average Bonchev–Trinajstić information content (AvgIpc) is 3.17. The molecule has 2 fully saturated rings. The Labute approximate surface area is 240 Å². The molecule has 7 unspecified atom stereocenters. The van der Waals surface area contributed by atoms with Crippen molar-refractivity contribution in [2.75, 3.05) is 20.3 Å². The van der Waals surface area contributed by atoms with Crippen molar-refractivity contribution in [1.82, 2.24) is 9.55 Å². The van der Waals surface area contributed by atoms with Gasteiger partial charge < -0.3 is 49.3 Å². The van der Waals surface area contributed by atoms with Gasteiger partial charge in [0.1, 0.15) is 41.5 Å². The van der Waals surface area contributed by atoms with Gasteiger partial charge in [-0.1, -0.05) is 6.08 Å². The third-order valence-electron chi connectivity index (χ3n) is 6.26. The molecule has 0 aliphatic carbocycles. The van der Waals surface area contributed by atoms with E-state index in [2.05, 4.69) is 20.4 Å². The van der Waals surface area contributed by atoms with E-state index in [0.29, 0.717) is 0 Å². The molecule has 22 heteroatoms. The molecule has 2 saturated heterocycles. The maximum Gasteiger partial charge on any atom is 0.481 e.